The predicted molar refractivity (Wildman–Crippen MR) is 104 cm³/mol. The molecule has 2 aliphatic heterocycles. The van der Waals surface area contributed by atoms with Crippen LogP contribution in [0.2, 0.25) is 0 Å². The fourth-order valence-electron chi connectivity index (χ4n) is 4.89. The number of carbonyl (C=O) groups is 1. The molecule has 1 N–H and O–H groups in total. The van der Waals surface area contributed by atoms with Crippen molar-refractivity contribution in [2.24, 2.45) is 12.5 Å². The van der Waals surface area contributed by atoms with Crippen LogP contribution >= 0.6 is 0 Å². The highest BCUT2D eigenvalue weighted by Gasteiger charge is 2.53. The Bertz CT molecular complexity index is 927. The maximum Gasteiger partial charge on any atom is 0.229 e. The molecule has 2 fully saturated rings. The van der Waals surface area contributed by atoms with Gasteiger partial charge in [-0.2, -0.15) is 5.10 Å². The number of hydrogen-bond acceptors (Lipinski definition) is 4. The number of amides is 1. The first-order valence-electron chi connectivity index (χ1n) is 10.3. The van der Waals surface area contributed by atoms with Gasteiger partial charge in [-0.1, -0.05) is 12.1 Å². The summed E-state index contributed by atoms with van der Waals surface area (Å²) >= 11 is 0. The lowest BCUT2D eigenvalue weighted by molar-refractivity contribution is -0.142. The highest BCUT2D eigenvalue weighted by atomic mass is 19.1. The molecule has 7 heteroatoms. The van der Waals surface area contributed by atoms with Crippen molar-refractivity contribution in [3.63, 3.8) is 0 Å². The first kappa shape index (κ1) is 18.6. The van der Waals surface area contributed by atoms with E-state index in [2.05, 4.69) is 5.10 Å². The maximum atomic E-state index is 13.2. The fraction of sp³-hybridized carbons (Fsp3) is 0.545. The van der Waals surface area contributed by atoms with Crippen LogP contribution in [0.25, 0.3) is 0 Å². The molecule has 2 aromatic rings. The molecule has 29 heavy (non-hydrogen) atoms. The minimum Gasteiger partial charge on any atom is -0.483 e. The first-order valence-corrected chi connectivity index (χ1v) is 10.3. The van der Waals surface area contributed by atoms with Gasteiger partial charge in [-0.3, -0.25) is 9.48 Å². The van der Waals surface area contributed by atoms with Gasteiger partial charge in [-0.25, -0.2) is 4.39 Å². The van der Waals surface area contributed by atoms with Crippen LogP contribution in [0.1, 0.15) is 49.5 Å². The van der Waals surface area contributed by atoms with Crippen molar-refractivity contribution in [1.82, 2.24) is 14.7 Å². The van der Waals surface area contributed by atoms with Crippen LogP contribution in [-0.4, -0.2) is 44.4 Å². The van der Waals surface area contributed by atoms with Crippen molar-refractivity contribution in [1.29, 1.82) is 0 Å². The van der Waals surface area contributed by atoms with E-state index in [9.17, 15) is 14.3 Å². The lowest BCUT2D eigenvalue weighted by atomic mass is 9.82. The number of piperidine rings is 1. The Hall–Kier alpha value is -2.41. The monoisotopic (exact) mass is 399 g/mol. The van der Waals surface area contributed by atoms with Gasteiger partial charge >= 0.3 is 0 Å². The topological polar surface area (TPSA) is 67.6 Å². The second-order valence-electron chi connectivity index (χ2n) is 8.93. The average Bonchev–Trinajstić information content (AvgIpc) is 3.38. The zero-order valence-electron chi connectivity index (χ0n) is 16.6. The molecule has 1 atom stereocenters. The average molecular weight is 399 g/mol. The van der Waals surface area contributed by atoms with Gasteiger partial charge in [0.2, 0.25) is 5.91 Å². The maximum absolute atomic E-state index is 13.2. The summed E-state index contributed by atoms with van der Waals surface area (Å²) in [6.45, 7) is 1.26. The molecule has 1 unspecified atom stereocenters. The van der Waals surface area contributed by atoms with Gasteiger partial charge in [-0.15, -0.1) is 0 Å². The summed E-state index contributed by atoms with van der Waals surface area (Å²) in [5.41, 5.74) is 0.854. The number of hydrogen-bond donors (Lipinski definition) is 1. The molecule has 1 saturated heterocycles. The van der Waals surface area contributed by atoms with E-state index in [4.69, 9.17) is 4.74 Å². The Labute approximate surface area is 169 Å². The van der Waals surface area contributed by atoms with E-state index >= 15 is 0 Å². The molecule has 0 radical (unpaired) electrons. The van der Waals surface area contributed by atoms with E-state index in [1.807, 2.05) is 11.9 Å². The van der Waals surface area contributed by atoms with E-state index in [1.165, 1.54) is 12.1 Å². The van der Waals surface area contributed by atoms with Crippen LogP contribution in [0, 0.1) is 11.2 Å². The van der Waals surface area contributed by atoms with Crippen molar-refractivity contribution in [2.45, 2.75) is 50.2 Å². The number of fused-ring (bicyclic) bond motifs is 1. The minimum absolute atomic E-state index is 0.204. The van der Waals surface area contributed by atoms with Gasteiger partial charge in [0.1, 0.15) is 23.2 Å². The van der Waals surface area contributed by atoms with Gasteiger partial charge < -0.3 is 14.7 Å². The van der Waals surface area contributed by atoms with Gasteiger partial charge in [0.15, 0.2) is 5.75 Å². The molecule has 1 spiro atoms. The smallest absolute Gasteiger partial charge is 0.229 e. The Balaban J connectivity index is 1.25. The number of ether oxygens (including phenoxy) is 1. The Kier molecular flexibility index (Phi) is 4.21. The molecule has 1 aromatic heterocycles. The van der Waals surface area contributed by atoms with Crippen LogP contribution in [0.4, 0.5) is 4.39 Å². The summed E-state index contributed by atoms with van der Waals surface area (Å²) in [5, 5.41) is 14.8. The van der Waals surface area contributed by atoms with Gasteiger partial charge in [0, 0.05) is 39.4 Å². The van der Waals surface area contributed by atoms with Gasteiger partial charge in [0.05, 0.1) is 11.6 Å². The predicted octanol–water partition coefficient (Wildman–Crippen LogP) is 2.76. The third-order valence-corrected chi connectivity index (χ3v) is 6.75. The summed E-state index contributed by atoms with van der Waals surface area (Å²) in [4.78, 5) is 15.2. The second kappa shape index (κ2) is 6.55. The lowest BCUT2D eigenvalue weighted by Gasteiger charge is -2.45. The van der Waals surface area contributed by atoms with Gasteiger partial charge in [0.25, 0.3) is 0 Å². The van der Waals surface area contributed by atoms with Crippen LogP contribution in [0.5, 0.6) is 5.75 Å². The number of rotatable bonds is 3. The zero-order chi connectivity index (χ0) is 20.2. The summed E-state index contributed by atoms with van der Waals surface area (Å²) in [5.74, 6) is 0.605. The van der Waals surface area contributed by atoms with Crippen molar-refractivity contribution in [3.05, 3.63) is 47.5 Å². The SMILES string of the molecule is Cn1cc2c(n1)C(O)CC1(CCN(C(=O)C3(Cc4ccc(F)cc4)CC3)CC1)O2. The molecule has 0 bridgehead atoms. The minimum atomic E-state index is -0.629. The third-order valence-electron chi connectivity index (χ3n) is 6.75. The Morgan fingerprint density at radius 2 is 1.93 bits per heavy atom. The molecule has 1 saturated carbocycles. The molecule has 3 heterocycles. The Morgan fingerprint density at radius 1 is 1.24 bits per heavy atom. The van der Waals surface area contributed by atoms with Gasteiger partial charge in [-0.05, 0) is 37.0 Å². The van der Waals surface area contributed by atoms with E-state index in [-0.39, 0.29) is 17.1 Å². The van der Waals surface area contributed by atoms with Crippen LogP contribution < -0.4 is 4.74 Å². The molecular formula is C22H26FN3O3. The van der Waals surface area contributed by atoms with E-state index in [1.54, 1.807) is 23.0 Å². The standard InChI is InChI=1S/C22H26FN3O3/c1-25-14-18-19(24-25)17(27)13-22(29-18)8-10-26(11-9-22)20(28)21(6-7-21)12-15-2-4-16(23)5-3-15/h2-5,14,17,27H,6-13H2,1H3. The van der Waals surface area contributed by atoms with Crippen LogP contribution in [0.3, 0.4) is 0 Å². The van der Waals surface area contributed by atoms with E-state index in [0.29, 0.717) is 50.2 Å². The molecule has 154 valence electrons. The number of benzene rings is 1. The Morgan fingerprint density at radius 3 is 2.59 bits per heavy atom. The number of aliphatic hydroxyl groups excluding tert-OH is 1. The summed E-state index contributed by atoms with van der Waals surface area (Å²) in [6.07, 6.45) is 5.54. The molecule has 1 amide bonds. The lowest BCUT2D eigenvalue weighted by Crippen LogP contribution is -2.53. The molecule has 3 aliphatic rings. The van der Waals surface area contributed by atoms with Crippen molar-refractivity contribution < 1.29 is 19.0 Å². The molecular weight excluding hydrogens is 373 g/mol. The zero-order valence-corrected chi connectivity index (χ0v) is 16.6. The third kappa shape index (κ3) is 3.31. The van der Waals surface area contributed by atoms with E-state index in [0.717, 1.165) is 18.4 Å². The number of aromatic nitrogens is 2. The largest absolute Gasteiger partial charge is 0.483 e. The summed E-state index contributed by atoms with van der Waals surface area (Å²) in [7, 11) is 1.82. The second-order valence-corrected chi connectivity index (χ2v) is 8.93. The van der Waals surface area contributed by atoms with Crippen molar-refractivity contribution in [2.75, 3.05) is 13.1 Å². The first-order chi connectivity index (χ1) is 13.9. The summed E-state index contributed by atoms with van der Waals surface area (Å²) in [6, 6.07) is 6.46. The normalized spacial score (nSPS) is 24.1. The molecule has 6 nitrogen and oxygen atoms in total. The highest BCUT2D eigenvalue weighted by Crippen LogP contribution is 2.51. The van der Waals surface area contributed by atoms with Crippen molar-refractivity contribution >= 4 is 5.91 Å². The fourth-order valence-corrected chi connectivity index (χ4v) is 4.89. The molecule has 1 aliphatic carbocycles. The highest BCUT2D eigenvalue weighted by molar-refractivity contribution is 5.85. The van der Waals surface area contributed by atoms with Crippen LogP contribution in [0.15, 0.2) is 30.5 Å². The number of aryl methyl sites for hydroxylation is 1. The number of halogens is 1. The summed E-state index contributed by atoms with van der Waals surface area (Å²) < 4.78 is 21.1. The number of nitrogens with zero attached hydrogens (tertiary/aromatic N) is 3. The van der Waals surface area contributed by atoms with Crippen LogP contribution in [-0.2, 0) is 18.3 Å². The molecule has 5 rings (SSSR count). The number of carbonyl (C=O) groups excluding carboxylic acids is 1. The number of aliphatic hydroxyl groups is 1. The van der Waals surface area contributed by atoms with Crippen molar-refractivity contribution in [3.8, 4) is 5.75 Å². The number of likely N-dealkylation sites (tertiary alicyclic amines) is 1. The van der Waals surface area contributed by atoms with E-state index < -0.39 is 11.7 Å². The quantitative estimate of drug-likeness (QED) is 0.862. The molecule has 1 aromatic carbocycles.